The number of nitrogens with one attached hydrogen (secondary N) is 1. The van der Waals surface area contributed by atoms with E-state index < -0.39 is 0 Å². The fraction of sp³-hybridized carbons (Fsp3) is 0.667. The molecule has 5 nitrogen and oxygen atoms in total. The van der Waals surface area contributed by atoms with Gasteiger partial charge in [-0.15, -0.1) is 0 Å². The molecule has 1 aromatic heterocycles. The SMILES string of the molecule is CC(C)CCNCCn1c(=O)ccn(C)c1=O. The molecule has 0 bridgehead atoms. The van der Waals surface area contributed by atoms with Crippen LogP contribution in [-0.2, 0) is 13.6 Å². The molecular formula is C12H21N3O2. The molecule has 0 aliphatic rings. The number of hydrogen-bond acceptors (Lipinski definition) is 3. The van der Waals surface area contributed by atoms with Crippen LogP contribution in [0.2, 0.25) is 0 Å². The highest BCUT2D eigenvalue weighted by atomic mass is 16.2. The second-order valence-corrected chi connectivity index (χ2v) is 4.63. The van der Waals surface area contributed by atoms with E-state index in [1.165, 1.54) is 21.4 Å². The number of aryl methyl sites for hydroxylation is 1. The van der Waals surface area contributed by atoms with Gasteiger partial charge in [0.1, 0.15) is 0 Å². The second-order valence-electron chi connectivity index (χ2n) is 4.63. The zero-order valence-corrected chi connectivity index (χ0v) is 10.8. The van der Waals surface area contributed by atoms with Crippen molar-refractivity contribution >= 4 is 0 Å². The van der Waals surface area contributed by atoms with Crippen LogP contribution in [0.4, 0.5) is 0 Å². The molecule has 96 valence electrons. The Kier molecular flexibility index (Phi) is 5.15. The number of nitrogens with zero attached hydrogens (tertiary/aromatic N) is 2. The van der Waals surface area contributed by atoms with Gasteiger partial charge in [-0.1, -0.05) is 13.8 Å². The topological polar surface area (TPSA) is 56.0 Å². The molecule has 0 aliphatic heterocycles. The summed E-state index contributed by atoms with van der Waals surface area (Å²) < 4.78 is 2.66. The molecule has 0 aromatic carbocycles. The summed E-state index contributed by atoms with van der Waals surface area (Å²) in [6, 6.07) is 1.41. The lowest BCUT2D eigenvalue weighted by Crippen LogP contribution is -2.40. The molecule has 0 aliphatic carbocycles. The van der Waals surface area contributed by atoms with Crippen molar-refractivity contribution in [3.05, 3.63) is 33.1 Å². The zero-order valence-electron chi connectivity index (χ0n) is 10.8. The Labute approximate surface area is 101 Å². The highest BCUT2D eigenvalue weighted by Crippen LogP contribution is 1.95. The average molecular weight is 239 g/mol. The van der Waals surface area contributed by atoms with Crippen LogP contribution in [0.3, 0.4) is 0 Å². The Morgan fingerprint density at radius 3 is 2.65 bits per heavy atom. The Hall–Kier alpha value is -1.36. The fourth-order valence-electron chi connectivity index (χ4n) is 1.53. The van der Waals surface area contributed by atoms with E-state index in [-0.39, 0.29) is 11.2 Å². The summed E-state index contributed by atoms with van der Waals surface area (Å²) >= 11 is 0. The van der Waals surface area contributed by atoms with Crippen molar-refractivity contribution in [3.63, 3.8) is 0 Å². The molecule has 0 spiro atoms. The summed E-state index contributed by atoms with van der Waals surface area (Å²) in [6.07, 6.45) is 2.59. The monoisotopic (exact) mass is 239 g/mol. The van der Waals surface area contributed by atoms with Crippen molar-refractivity contribution in [2.45, 2.75) is 26.8 Å². The molecule has 0 saturated heterocycles. The summed E-state index contributed by atoms with van der Waals surface area (Å²) in [7, 11) is 1.64. The first-order valence-electron chi connectivity index (χ1n) is 5.99. The van der Waals surface area contributed by atoms with Crippen molar-refractivity contribution in [1.29, 1.82) is 0 Å². The van der Waals surface area contributed by atoms with Crippen molar-refractivity contribution in [1.82, 2.24) is 14.5 Å². The predicted molar refractivity (Wildman–Crippen MR) is 68.3 cm³/mol. The molecule has 0 fully saturated rings. The van der Waals surface area contributed by atoms with Gasteiger partial charge < -0.3 is 9.88 Å². The van der Waals surface area contributed by atoms with Crippen LogP contribution >= 0.6 is 0 Å². The second kappa shape index (κ2) is 6.39. The minimum atomic E-state index is -0.261. The number of rotatable bonds is 6. The lowest BCUT2D eigenvalue weighted by atomic mass is 10.1. The Bertz CT molecular complexity index is 460. The van der Waals surface area contributed by atoms with Crippen LogP contribution in [0.1, 0.15) is 20.3 Å². The van der Waals surface area contributed by atoms with Crippen LogP contribution in [-0.4, -0.2) is 22.2 Å². The van der Waals surface area contributed by atoms with Gasteiger partial charge in [0.15, 0.2) is 0 Å². The Balaban J connectivity index is 2.50. The van der Waals surface area contributed by atoms with E-state index in [4.69, 9.17) is 0 Å². The Morgan fingerprint density at radius 2 is 2.00 bits per heavy atom. The van der Waals surface area contributed by atoms with Crippen molar-refractivity contribution < 1.29 is 0 Å². The van der Waals surface area contributed by atoms with E-state index in [9.17, 15) is 9.59 Å². The van der Waals surface area contributed by atoms with Crippen molar-refractivity contribution in [3.8, 4) is 0 Å². The van der Waals surface area contributed by atoms with Crippen LogP contribution < -0.4 is 16.6 Å². The van der Waals surface area contributed by atoms with Crippen molar-refractivity contribution in [2.24, 2.45) is 13.0 Å². The van der Waals surface area contributed by atoms with Gasteiger partial charge in [-0.25, -0.2) is 4.79 Å². The molecule has 1 heterocycles. The zero-order chi connectivity index (χ0) is 12.8. The summed E-state index contributed by atoms with van der Waals surface area (Å²) in [5, 5.41) is 3.23. The molecule has 0 saturated carbocycles. The van der Waals surface area contributed by atoms with Gasteiger partial charge in [0.05, 0.1) is 0 Å². The highest BCUT2D eigenvalue weighted by molar-refractivity contribution is 4.85. The van der Waals surface area contributed by atoms with Gasteiger partial charge >= 0.3 is 5.69 Å². The van der Waals surface area contributed by atoms with Gasteiger partial charge in [-0.05, 0) is 18.9 Å². The number of aromatic nitrogens is 2. The van der Waals surface area contributed by atoms with Crippen LogP contribution in [0.5, 0.6) is 0 Å². The first-order chi connectivity index (χ1) is 8.02. The number of hydrogen-bond donors (Lipinski definition) is 1. The quantitative estimate of drug-likeness (QED) is 0.721. The lowest BCUT2D eigenvalue weighted by molar-refractivity contribution is 0.503. The maximum atomic E-state index is 11.7. The highest BCUT2D eigenvalue weighted by Gasteiger charge is 2.01. The molecule has 5 heteroatoms. The minimum absolute atomic E-state index is 0.237. The normalized spacial score (nSPS) is 11.1. The van der Waals surface area contributed by atoms with Crippen molar-refractivity contribution in [2.75, 3.05) is 13.1 Å². The maximum absolute atomic E-state index is 11.7. The average Bonchev–Trinajstić information content (AvgIpc) is 2.27. The molecular weight excluding hydrogens is 218 g/mol. The van der Waals surface area contributed by atoms with Gasteiger partial charge in [-0.2, -0.15) is 0 Å². The molecule has 0 radical (unpaired) electrons. The molecule has 1 rings (SSSR count). The van der Waals surface area contributed by atoms with E-state index in [1.807, 2.05) is 0 Å². The van der Waals surface area contributed by atoms with Gasteiger partial charge in [0.25, 0.3) is 5.56 Å². The first kappa shape index (κ1) is 13.7. The van der Waals surface area contributed by atoms with E-state index in [1.54, 1.807) is 7.05 Å². The third-order valence-corrected chi connectivity index (χ3v) is 2.65. The van der Waals surface area contributed by atoms with E-state index in [0.29, 0.717) is 19.0 Å². The standard InChI is InChI=1S/C12H21N3O2/c1-10(2)4-6-13-7-9-15-11(16)5-8-14(3)12(15)17/h5,8,10,13H,4,6-7,9H2,1-3H3. The predicted octanol–water partition coefficient (Wildman–Crippen LogP) is 0.183. The fourth-order valence-corrected chi connectivity index (χ4v) is 1.53. The maximum Gasteiger partial charge on any atom is 0.330 e. The minimum Gasteiger partial charge on any atom is -0.315 e. The molecule has 1 aromatic rings. The summed E-state index contributed by atoms with van der Waals surface area (Å²) in [4.78, 5) is 23.1. The third kappa shape index (κ3) is 4.19. The molecule has 1 N–H and O–H groups in total. The van der Waals surface area contributed by atoms with E-state index >= 15 is 0 Å². The van der Waals surface area contributed by atoms with E-state index in [0.717, 1.165) is 13.0 Å². The molecule has 0 unspecified atom stereocenters. The largest absolute Gasteiger partial charge is 0.330 e. The van der Waals surface area contributed by atoms with Crippen LogP contribution in [0, 0.1) is 5.92 Å². The van der Waals surface area contributed by atoms with Crippen LogP contribution in [0.15, 0.2) is 21.9 Å². The lowest BCUT2D eigenvalue weighted by Gasteiger charge is -2.08. The summed E-state index contributed by atoms with van der Waals surface area (Å²) in [5.41, 5.74) is -0.498. The first-order valence-corrected chi connectivity index (χ1v) is 5.99. The summed E-state index contributed by atoms with van der Waals surface area (Å²) in [5.74, 6) is 0.662. The third-order valence-electron chi connectivity index (χ3n) is 2.65. The van der Waals surface area contributed by atoms with Crippen LogP contribution in [0.25, 0.3) is 0 Å². The van der Waals surface area contributed by atoms with Gasteiger partial charge in [-0.3, -0.25) is 9.36 Å². The summed E-state index contributed by atoms with van der Waals surface area (Å²) in [6.45, 7) is 6.31. The molecule has 0 amide bonds. The van der Waals surface area contributed by atoms with Gasteiger partial charge in [0, 0.05) is 32.4 Å². The smallest absolute Gasteiger partial charge is 0.315 e. The van der Waals surface area contributed by atoms with Gasteiger partial charge in [0.2, 0.25) is 0 Å². The molecule has 17 heavy (non-hydrogen) atoms. The van der Waals surface area contributed by atoms with E-state index in [2.05, 4.69) is 19.2 Å². The Morgan fingerprint density at radius 1 is 1.29 bits per heavy atom. The molecule has 0 atom stereocenters.